The van der Waals surface area contributed by atoms with Crippen LogP contribution in [0.25, 0.3) is 11.1 Å². The lowest BCUT2D eigenvalue weighted by molar-refractivity contribution is -0.0353. The molecule has 0 radical (unpaired) electrons. The maximum Gasteiger partial charge on any atom is 0.407 e. The van der Waals surface area contributed by atoms with E-state index in [1.807, 2.05) is 19.1 Å². The molecule has 2 bridgehead atoms. The Labute approximate surface area is 197 Å². The average molecular weight is 449 g/mol. The highest BCUT2D eigenvalue weighted by molar-refractivity contribution is 5.70. The fraction of sp³-hybridized carbons (Fsp3) is 0.536. The van der Waals surface area contributed by atoms with E-state index in [2.05, 4.69) is 54.4 Å². The van der Waals surface area contributed by atoms with Crippen LogP contribution < -0.4 is 10.1 Å². The van der Waals surface area contributed by atoms with Crippen molar-refractivity contribution in [1.29, 1.82) is 0 Å². The molecule has 2 aromatic carbocycles. The molecule has 1 amide bonds. The van der Waals surface area contributed by atoms with Crippen molar-refractivity contribution in [1.82, 2.24) is 10.2 Å². The Kier molecular flexibility index (Phi) is 6.09. The van der Waals surface area contributed by atoms with Crippen LogP contribution in [0.1, 0.15) is 57.2 Å². The zero-order valence-electron chi connectivity index (χ0n) is 20.1. The number of nitrogens with zero attached hydrogens (tertiary/aromatic N) is 1. The van der Waals surface area contributed by atoms with Crippen LogP contribution in [0.4, 0.5) is 4.79 Å². The summed E-state index contributed by atoms with van der Waals surface area (Å²) < 4.78 is 11.6. The number of hydrogen-bond acceptors (Lipinski definition) is 4. The lowest BCUT2D eigenvalue weighted by Gasteiger charge is -2.44. The predicted molar refractivity (Wildman–Crippen MR) is 130 cm³/mol. The number of piperidine rings is 3. The van der Waals surface area contributed by atoms with Crippen molar-refractivity contribution in [3.8, 4) is 16.9 Å². The number of carbonyl (C=O) groups is 1. The van der Waals surface area contributed by atoms with Gasteiger partial charge >= 0.3 is 6.09 Å². The zero-order chi connectivity index (χ0) is 23.0. The largest absolute Gasteiger partial charge is 0.494 e. The summed E-state index contributed by atoms with van der Waals surface area (Å²) in [5, 5.41) is 3.26. The number of carbonyl (C=O) groups excluding carboxylic acids is 1. The van der Waals surface area contributed by atoms with Gasteiger partial charge in [-0.15, -0.1) is 0 Å². The van der Waals surface area contributed by atoms with Gasteiger partial charge in [0.05, 0.1) is 12.6 Å². The summed E-state index contributed by atoms with van der Waals surface area (Å²) in [7, 11) is 0. The van der Waals surface area contributed by atoms with Gasteiger partial charge in [-0.2, -0.15) is 0 Å². The van der Waals surface area contributed by atoms with Crippen LogP contribution >= 0.6 is 0 Å². The molecule has 5 heteroatoms. The van der Waals surface area contributed by atoms with Crippen LogP contribution in [-0.4, -0.2) is 43.3 Å². The number of rotatable bonds is 5. The van der Waals surface area contributed by atoms with Crippen molar-refractivity contribution in [2.75, 3.05) is 26.2 Å². The Bertz CT molecular complexity index is 1010. The fourth-order valence-electron chi connectivity index (χ4n) is 5.84. The van der Waals surface area contributed by atoms with Gasteiger partial charge < -0.3 is 14.8 Å². The van der Waals surface area contributed by atoms with Crippen LogP contribution in [0.3, 0.4) is 0 Å². The Morgan fingerprint density at radius 3 is 2.64 bits per heavy atom. The molecule has 33 heavy (non-hydrogen) atoms. The molecule has 0 saturated carbocycles. The van der Waals surface area contributed by atoms with Crippen LogP contribution in [0.5, 0.6) is 5.75 Å². The maximum absolute atomic E-state index is 13.0. The molecule has 6 rings (SSSR count). The lowest BCUT2D eigenvalue weighted by atomic mass is 9.70. The number of amides is 1. The third-order valence-corrected chi connectivity index (χ3v) is 7.87. The van der Waals surface area contributed by atoms with Crippen molar-refractivity contribution >= 4 is 6.09 Å². The fourth-order valence-corrected chi connectivity index (χ4v) is 5.84. The first-order valence-electron chi connectivity index (χ1n) is 12.5. The molecule has 2 aromatic rings. The molecule has 0 aromatic heterocycles. The molecule has 5 nitrogen and oxygen atoms in total. The topological polar surface area (TPSA) is 50.8 Å². The lowest BCUT2D eigenvalue weighted by Crippen LogP contribution is -2.53. The monoisotopic (exact) mass is 448 g/mol. The van der Waals surface area contributed by atoms with Crippen LogP contribution in [0, 0.1) is 11.3 Å². The minimum atomic E-state index is -0.270. The van der Waals surface area contributed by atoms with Gasteiger partial charge in [0.25, 0.3) is 0 Å². The Morgan fingerprint density at radius 1 is 1.12 bits per heavy atom. The highest BCUT2D eigenvalue weighted by Crippen LogP contribution is 2.44. The third-order valence-electron chi connectivity index (χ3n) is 7.87. The summed E-state index contributed by atoms with van der Waals surface area (Å²) >= 11 is 0. The Morgan fingerprint density at radius 2 is 1.91 bits per heavy atom. The number of benzene rings is 2. The van der Waals surface area contributed by atoms with Crippen molar-refractivity contribution in [2.24, 2.45) is 11.3 Å². The van der Waals surface area contributed by atoms with Crippen molar-refractivity contribution in [3.63, 3.8) is 0 Å². The first-order valence-corrected chi connectivity index (χ1v) is 12.5. The third kappa shape index (κ3) is 4.61. The van der Waals surface area contributed by atoms with Crippen molar-refractivity contribution in [2.45, 2.75) is 58.6 Å². The van der Waals surface area contributed by atoms with E-state index in [1.165, 1.54) is 16.7 Å². The Hall–Kier alpha value is -2.53. The molecule has 4 aliphatic rings. The standard InChI is InChI=1S/C28H36N2O3/c1-4-32-23-7-5-6-20(17-23)21-8-9-24-22(16-21)10-13-28(2,3)26(24)29-27(31)33-25-18-30-14-11-19(25)12-15-30/h5-9,16-17,19,25-26H,4,10-15,18H2,1-3H3,(H,29,31)/t25-,26?/m1/s1. The second-order valence-corrected chi connectivity index (χ2v) is 10.5. The molecule has 3 aliphatic heterocycles. The molecule has 176 valence electrons. The summed E-state index contributed by atoms with van der Waals surface area (Å²) in [4.78, 5) is 15.4. The average Bonchev–Trinajstić information content (AvgIpc) is 2.82. The van der Waals surface area contributed by atoms with E-state index in [-0.39, 0.29) is 23.7 Å². The summed E-state index contributed by atoms with van der Waals surface area (Å²) in [6, 6.07) is 14.8. The van der Waals surface area contributed by atoms with E-state index in [4.69, 9.17) is 9.47 Å². The van der Waals surface area contributed by atoms with Crippen molar-refractivity contribution < 1.29 is 14.3 Å². The Balaban J connectivity index is 1.34. The summed E-state index contributed by atoms with van der Waals surface area (Å²) in [5.41, 5.74) is 4.82. The molecular weight excluding hydrogens is 412 g/mol. The van der Waals surface area contributed by atoms with Gasteiger partial charge in [-0.05, 0) is 91.4 Å². The van der Waals surface area contributed by atoms with Gasteiger partial charge in [-0.3, -0.25) is 4.90 Å². The second kappa shape index (κ2) is 9.02. The van der Waals surface area contributed by atoms with Gasteiger partial charge in [0.1, 0.15) is 11.9 Å². The van der Waals surface area contributed by atoms with Crippen molar-refractivity contribution in [3.05, 3.63) is 53.6 Å². The van der Waals surface area contributed by atoms with Gasteiger partial charge in [0.15, 0.2) is 0 Å². The smallest absolute Gasteiger partial charge is 0.407 e. The molecule has 3 saturated heterocycles. The molecule has 1 unspecified atom stereocenters. The van der Waals surface area contributed by atoms with E-state index in [9.17, 15) is 4.79 Å². The van der Waals surface area contributed by atoms with Crippen LogP contribution in [0.2, 0.25) is 0 Å². The van der Waals surface area contributed by atoms with Gasteiger partial charge in [0, 0.05) is 6.54 Å². The summed E-state index contributed by atoms with van der Waals surface area (Å²) in [5.74, 6) is 1.41. The molecule has 1 aliphatic carbocycles. The highest BCUT2D eigenvalue weighted by Gasteiger charge is 2.40. The van der Waals surface area contributed by atoms with E-state index >= 15 is 0 Å². The minimum absolute atomic E-state index is 0.0265. The number of fused-ring (bicyclic) bond motifs is 4. The number of ether oxygens (including phenoxy) is 2. The molecule has 0 spiro atoms. The summed E-state index contributed by atoms with van der Waals surface area (Å²) in [6.45, 7) is 10.3. The minimum Gasteiger partial charge on any atom is -0.494 e. The number of nitrogens with one attached hydrogen (secondary N) is 1. The van der Waals surface area contributed by atoms with Gasteiger partial charge in [-0.1, -0.05) is 44.2 Å². The normalized spacial score (nSPS) is 27.5. The predicted octanol–water partition coefficient (Wildman–Crippen LogP) is 5.59. The van der Waals surface area contributed by atoms with E-state index < -0.39 is 0 Å². The van der Waals surface area contributed by atoms with Crippen LogP contribution in [-0.2, 0) is 11.2 Å². The highest BCUT2D eigenvalue weighted by atomic mass is 16.6. The summed E-state index contributed by atoms with van der Waals surface area (Å²) in [6.07, 6.45) is 4.07. The van der Waals surface area contributed by atoms with E-state index in [0.717, 1.165) is 56.6 Å². The number of hydrogen-bond donors (Lipinski definition) is 1. The SMILES string of the molecule is CCOc1cccc(-c2ccc3c(c2)CCC(C)(C)C3NC(=O)O[C@@H]2CN3CCC2CC3)c1. The zero-order valence-corrected chi connectivity index (χ0v) is 20.1. The first-order chi connectivity index (χ1) is 15.9. The van der Waals surface area contributed by atoms with Crippen LogP contribution in [0.15, 0.2) is 42.5 Å². The number of alkyl carbamates (subject to hydrolysis) is 1. The van der Waals surface area contributed by atoms with E-state index in [0.29, 0.717) is 12.5 Å². The molecular formula is C28H36N2O3. The van der Waals surface area contributed by atoms with E-state index in [1.54, 1.807) is 0 Å². The maximum atomic E-state index is 13.0. The van der Waals surface area contributed by atoms with Gasteiger partial charge in [0.2, 0.25) is 0 Å². The number of aryl methyl sites for hydroxylation is 1. The molecule has 3 fully saturated rings. The second-order valence-electron chi connectivity index (χ2n) is 10.5. The molecule has 2 atom stereocenters. The van der Waals surface area contributed by atoms with Gasteiger partial charge in [-0.25, -0.2) is 4.79 Å². The quantitative estimate of drug-likeness (QED) is 0.648. The first kappa shape index (κ1) is 22.3. The molecule has 3 heterocycles. The molecule has 1 N–H and O–H groups in total.